The number of aliphatic hydroxyl groups is 1. The highest BCUT2D eigenvalue weighted by molar-refractivity contribution is 5.87. The summed E-state index contributed by atoms with van der Waals surface area (Å²) in [7, 11) is 0. The molecular weight excluding hydrogens is 809 g/mol. The van der Waals surface area contributed by atoms with E-state index in [4.69, 9.17) is 4.74 Å². The van der Waals surface area contributed by atoms with Crippen LogP contribution in [0.4, 0.5) is 0 Å². The number of rotatable bonds is 16. The molecule has 2 bridgehead atoms. The van der Waals surface area contributed by atoms with Crippen LogP contribution in [0.2, 0.25) is 0 Å². The monoisotopic (exact) mass is 864 g/mol. The Kier molecular flexibility index (Phi) is 13.9. The van der Waals surface area contributed by atoms with Crippen molar-refractivity contribution in [3.8, 4) is 11.8 Å². The van der Waals surface area contributed by atoms with Gasteiger partial charge in [0.1, 0.15) is 11.9 Å². The fraction of sp³-hybridized carbons (Fsp3) is 0.392. The van der Waals surface area contributed by atoms with Crippen LogP contribution in [0.25, 0.3) is 10.9 Å². The highest BCUT2D eigenvalue weighted by Crippen LogP contribution is 2.39. The Labute approximate surface area is 373 Å². The van der Waals surface area contributed by atoms with Gasteiger partial charge in [-0.15, -0.1) is 0 Å². The van der Waals surface area contributed by atoms with Crippen LogP contribution < -0.4 is 10.9 Å². The summed E-state index contributed by atoms with van der Waals surface area (Å²) in [6, 6.07) is 32.8. The van der Waals surface area contributed by atoms with Gasteiger partial charge in [0.15, 0.2) is 0 Å². The molecule has 13 heteroatoms. The van der Waals surface area contributed by atoms with Crippen molar-refractivity contribution < 1.29 is 29.3 Å². The first-order valence-corrected chi connectivity index (χ1v) is 22.4. The summed E-state index contributed by atoms with van der Waals surface area (Å²) in [4.78, 5) is 62.1. The van der Waals surface area contributed by atoms with Crippen LogP contribution in [0.15, 0.2) is 108 Å². The highest BCUT2D eigenvalue weighted by Gasteiger charge is 2.47. The molecule has 4 N–H and O–H groups in total. The van der Waals surface area contributed by atoms with Crippen LogP contribution in [-0.2, 0) is 43.9 Å². The first-order valence-electron chi connectivity index (χ1n) is 22.4. The van der Waals surface area contributed by atoms with Crippen LogP contribution in [0.3, 0.4) is 0 Å². The molecule has 2 atom stereocenters. The normalized spacial score (nSPS) is 19.4. The Balaban J connectivity index is 0.851. The van der Waals surface area contributed by atoms with Gasteiger partial charge in [0.25, 0.3) is 0 Å². The minimum absolute atomic E-state index is 0.00379. The van der Waals surface area contributed by atoms with Gasteiger partial charge in [0, 0.05) is 50.7 Å². The lowest BCUT2D eigenvalue weighted by molar-refractivity contribution is -0.168. The number of esters is 1. The Hall–Kier alpha value is -6.33. The van der Waals surface area contributed by atoms with Crippen molar-refractivity contribution >= 4 is 28.7 Å². The second-order valence-corrected chi connectivity index (χ2v) is 17.6. The van der Waals surface area contributed by atoms with Gasteiger partial charge in [-0.2, -0.15) is 5.26 Å². The van der Waals surface area contributed by atoms with Crippen molar-refractivity contribution in [2.24, 2.45) is 5.92 Å². The summed E-state index contributed by atoms with van der Waals surface area (Å²) in [5.41, 5.74) is 3.64. The number of benzene rings is 4. The van der Waals surface area contributed by atoms with Crippen molar-refractivity contribution in [3.05, 3.63) is 147 Å². The van der Waals surface area contributed by atoms with Crippen molar-refractivity contribution in [3.63, 3.8) is 0 Å². The minimum Gasteiger partial charge on any atom is -0.506 e. The third-order valence-corrected chi connectivity index (χ3v) is 13.4. The average molecular weight is 865 g/mol. The molecule has 0 aliphatic carbocycles. The van der Waals surface area contributed by atoms with Crippen LogP contribution in [0.5, 0.6) is 5.75 Å². The number of pyridine rings is 1. The molecule has 0 spiro atoms. The largest absolute Gasteiger partial charge is 0.506 e. The molecule has 5 aromatic rings. The number of ether oxygens (including phenoxy) is 1. The Morgan fingerprint density at radius 3 is 2.33 bits per heavy atom. The van der Waals surface area contributed by atoms with Gasteiger partial charge < -0.3 is 35.1 Å². The Morgan fingerprint density at radius 2 is 1.62 bits per heavy atom. The van der Waals surface area contributed by atoms with Crippen LogP contribution in [0, 0.1) is 17.2 Å². The number of nitrogens with zero attached hydrogens (tertiary/aromatic N) is 4. The number of H-pyrrole nitrogens is 1. The van der Waals surface area contributed by atoms with Gasteiger partial charge in [-0.3, -0.25) is 24.1 Å². The predicted molar refractivity (Wildman–Crippen MR) is 242 cm³/mol. The fourth-order valence-electron chi connectivity index (χ4n) is 9.69. The standard InChI is InChI=1S/C51H56N6O7/c52-31-37-6-4-7-38(28-37)33-57(23-5-22-53-32-44(59)41-14-16-43(58)49-42(41)15-17-46(60)54-49)48(62)30-36-12-10-35(11-13-36)29-47(61)56-26-20-51(21-27-56,40-8-2-1-3-9-40)50(63)64-45-34-55-24-18-39(45)19-25-55/h1-4,6-17,28,39,44-45,53,58-59H,5,18-27,29-30,32-34H2,(H,54,60)/t44-,45-/m0/s1. The molecule has 4 aromatic carbocycles. The minimum atomic E-state index is -0.909. The smallest absolute Gasteiger partial charge is 0.317 e. The molecule has 4 aliphatic rings. The zero-order valence-corrected chi connectivity index (χ0v) is 36.1. The summed E-state index contributed by atoms with van der Waals surface area (Å²) in [5.74, 6) is 0.0808. The van der Waals surface area contributed by atoms with E-state index in [1.807, 2.05) is 65.6 Å². The third-order valence-electron chi connectivity index (χ3n) is 13.4. The van der Waals surface area contributed by atoms with E-state index >= 15 is 0 Å². The summed E-state index contributed by atoms with van der Waals surface area (Å²) < 4.78 is 6.33. The van der Waals surface area contributed by atoms with E-state index in [0.717, 1.165) is 54.7 Å². The maximum atomic E-state index is 14.1. The number of piperidine rings is 4. The molecule has 9 rings (SSSR count). The summed E-state index contributed by atoms with van der Waals surface area (Å²) in [5, 5.41) is 34.5. The van der Waals surface area contributed by atoms with Gasteiger partial charge in [-0.1, -0.05) is 72.8 Å². The number of phenolic OH excluding ortho intramolecular Hbond substituents is 1. The van der Waals surface area contributed by atoms with Gasteiger partial charge >= 0.3 is 5.97 Å². The number of fused-ring (bicyclic) bond motifs is 4. The number of nitrogens with one attached hydrogen (secondary N) is 2. The highest BCUT2D eigenvalue weighted by atomic mass is 16.5. The van der Waals surface area contributed by atoms with Crippen LogP contribution in [-0.4, -0.2) is 106 Å². The van der Waals surface area contributed by atoms with E-state index in [9.17, 15) is 34.7 Å². The Bertz CT molecular complexity index is 2540. The maximum absolute atomic E-state index is 14.1. The van der Waals surface area contributed by atoms with Gasteiger partial charge in [-0.05, 0) is 110 Å². The molecule has 4 fully saturated rings. The average Bonchev–Trinajstić information content (AvgIpc) is 3.32. The van der Waals surface area contributed by atoms with Crippen LogP contribution in [0.1, 0.15) is 71.6 Å². The summed E-state index contributed by atoms with van der Waals surface area (Å²) in [6.07, 6.45) is 3.09. The predicted octanol–water partition coefficient (Wildman–Crippen LogP) is 5.13. The van der Waals surface area contributed by atoms with Crippen molar-refractivity contribution in [1.29, 1.82) is 5.26 Å². The zero-order valence-electron chi connectivity index (χ0n) is 36.1. The molecule has 4 saturated heterocycles. The van der Waals surface area contributed by atoms with E-state index in [1.54, 1.807) is 35.2 Å². The van der Waals surface area contributed by atoms with E-state index in [-0.39, 0.29) is 60.1 Å². The second kappa shape index (κ2) is 20.0. The van der Waals surface area contributed by atoms with Crippen molar-refractivity contribution in [2.75, 3.05) is 52.4 Å². The second-order valence-electron chi connectivity index (χ2n) is 17.6. The third kappa shape index (κ3) is 10.2. The molecule has 13 nitrogen and oxygen atoms in total. The van der Waals surface area contributed by atoms with Crippen LogP contribution >= 0.6 is 0 Å². The quantitative estimate of drug-likeness (QED) is 0.0768. The van der Waals surface area contributed by atoms with Gasteiger partial charge in [-0.25, -0.2) is 0 Å². The summed E-state index contributed by atoms with van der Waals surface area (Å²) >= 11 is 0. The molecule has 1 aromatic heterocycles. The lowest BCUT2D eigenvalue weighted by atomic mass is 9.72. The van der Waals surface area contributed by atoms with Gasteiger partial charge in [0.2, 0.25) is 17.4 Å². The molecule has 2 amide bonds. The molecular formula is C51H56N6O7. The number of nitriles is 1. The number of aromatic hydroxyl groups is 1. The van der Waals surface area contributed by atoms with E-state index < -0.39 is 11.5 Å². The zero-order chi connectivity index (χ0) is 44.6. The molecule has 0 unspecified atom stereocenters. The Morgan fingerprint density at radius 1 is 0.891 bits per heavy atom. The first kappa shape index (κ1) is 44.3. The number of carbonyl (C=O) groups excluding carboxylic acids is 3. The van der Waals surface area contributed by atoms with Crippen molar-refractivity contribution in [2.45, 2.75) is 69.1 Å². The van der Waals surface area contributed by atoms with Gasteiger partial charge in [0.05, 0.1) is 41.5 Å². The molecule has 332 valence electrons. The molecule has 5 heterocycles. The lowest BCUT2D eigenvalue weighted by Gasteiger charge is -2.46. The van der Waals surface area contributed by atoms with E-state index in [0.29, 0.717) is 74.4 Å². The molecule has 64 heavy (non-hydrogen) atoms. The molecule has 0 saturated carbocycles. The lowest BCUT2D eigenvalue weighted by Crippen LogP contribution is -2.55. The number of hydrogen-bond donors (Lipinski definition) is 4. The number of aromatic nitrogens is 1. The number of aromatic amines is 1. The topological polar surface area (TPSA) is 179 Å². The number of aliphatic hydroxyl groups excluding tert-OH is 1. The number of amides is 2. The SMILES string of the molecule is N#Cc1cccc(CN(CCCNC[C@H](O)c2ccc(O)c3[nH]c(=O)ccc23)C(=O)Cc2ccc(CC(=O)N3CCC(C(=O)O[C@H]4CN5CCC4CC5)(c4ccccc4)CC3)cc2)c1. The number of carbonyl (C=O) groups is 3. The molecule has 0 radical (unpaired) electrons. The number of likely N-dealkylation sites (tertiary alicyclic amines) is 1. The first-order chi connectivity index (χ1) is 31.1. The van der Waals surface area contributed by atoms with E-state index in [2.05, 4.69) is 21.3 Å². The maximum Gasteiger partial charge on any atom is 0.317 e. The van der Waals surface area contributed by atoms with Crippen molar-refractivity contribution in [1.82, 2.24) is 25.0 Å². The number of hydrogen-bond acceptors (Lipinski definition) is 10. The number of phenols is 1. The summed E-state index contributed by atoms with van der Waals surface area (Å²) in [6.45, 7) is 5.32. The molecule has 4 aliphatic heterocycles. The fourth-order valence-corrected chi connectivity index (χ4v) is 9.69. The van der Waals surface area contributed by atoms with E-state index in [1.165, 1.54) is 12.1 Å².